The molecule has 2 saturated heterocycles. The Hall–Kier alpha value is -2.39. The number of Topliss-reactive ketones (excluding diaryl/α,β-unsaturated/α-hetero) is 1. The van der Waals surface area contributed by atoms with Gasteiger partial charge in [0, 0.05) is 56.7 Å². The summed E-state index contributed by atoms with van der Waals surface area (Å²) in [6.45, 7) is 3.73. The molecule has 208 valence electrons. The van der Waals surface area contributed by atoms with Crippen molar-refractivity contribution in [1.82, 2.24) is 20.1 Å². The van der Waals surface area contributed by atoms with Crippen molar-refractivity contribution < 1.29 is 19.1 Å². The van der Waals surface area contributed by atoms with Gasteiger partial charge in [0.05, 0.1) is 10.0 Å². The molecule has 3 heterocycles. The molecule has 3 fully saturated rings. The summed E-state index contributed by atoms with van der Waals surface area (Å²) in [7, 11) is 1.58. The number of amides is 2. The first-order valence-electron chi connectivity index (χ1n) is 13.1. The van der Waals surface area contributed by atoms with Gasteiger partial charge < -0.3 is 15.0 Å². The van der Waals surface area contributed by atoms with Crippen LogP contribution >= 0.6 is 34.8 Å². The molecular formula is C28H31Cl3N4O4. The van der Waals surface area contributed by atoms with E-state index in [1.54, 1.807) is 31.3 Å². The molecule has 2 atom stereocenters. The van der Waals surface area contributed by atoms with Gasteiger partial charge in [0.1, 0.15) is 5.54 Å². The number of hydrogen-bond acceptors (Lipinski definition) is 6. The van der Waals surface area contributed by atoms with E-state index < -0.39 is 17.6 Å². The monoisotopic (exact) mass is 592 g/mol. The Kier molecular flexibility index (Phi) is 7.85. The number of pyridine rings is 1. The molecule has 39 heavy (non-hydrogen) atoms. The number of ketones is 1. The number of likely N-dealkylation sites (tertiary alicyclic amines) is 1. The molecule has 1 saturated carbocycles. The Morgan fingerprint density at radius 3 is 2.46 bits per heavy atom. The smallest absolute Gasteiger partial charge is 0.407 e. The van der Waals surface area contributed by atoms with E-state index >= 15 is 0 Å². The summed E-state index contributed by atoms with van der Waals surface area (Å²) in [6, 6.07) is 8.44. The van der Waals surface area contributed by atoms with E-state index in [-0.39, 0.29) is 40.5 Å². The second kappa shape index (κ2) is 10.9. The molecule has 1 aromatic heterocycles. The number of carbonyl (C=O) groups excluding carboxylic acids is 3. The molecule has 3 aliphatic rings. The zero-order chi connectivity index (χ0) is 27.9. The number of aromatic nitrogens is 1. The van der Waals surface area contributed by atoms with E-state index in [9.17, 15) is 14.4 Å². The third-order valence-corrected chi connectivity index (χ3v) is 9.58. The number of nitrogens with zero attached hydrogens (tertiary/aromatic N) is 3. The molecule has 1 aliphatic carbocycles. The van der Waals surface area contributed by atoms with Crippen molar-refractivity contribution in [1.29, 1.82) is 0 Å². The van der Waals surface area contributed by atoms with Gasteiger partial charge in [-0.05, 0) is 55.5 Å². The van der Waals surface area contributed by atoms with Crippen molar-refractivity contribution in [2.24, 2.45) is 11.3 Å². The molecule has 11 heteroatoms. The van der Waals surface area contributed by atoms with Crippen LogP contribution in [0, 0.1) is 11.3 Å². The van der Waals surface area contributed by atoms with Gasteiger partial charge in [-0.3, -0.25) is 14.5 Å². The Labute approximate surface area is 242 Å². The van der Waals surface area contributed by atoms with E-state index in [2.05, 4.69) is 10.3 Å². The maximum Gasteiger partial charge on any atom is 0.415 e. The number of carbonyl (C=O) groups is 3. The summed E-state index contributed by atoms with van der Waals surface area (Å²) in [6.07, 6.45) is 3.68. The molecule has 1 aromatic carbocycles. The summed E-state index contributed by atoms with van der Waals surface area (Å²) >= 11 is 18.7. The first kappa shape index (κ1) is 28.1. The summed E-state index contributed by atoms with van der Waals surface area (Å²) in [5, 5.41) is 4.16. The van der Waals surface area contributed by atoms with E-state index in [4.69, 9.17) is 39.5 Å². The fourth-order valence-electron chi connectivity index (χ4n) is 5.85. The summed E-state index contributed by atoms with van der Waals surface area (Å²) < 4.78 is 5.61. The second-order valence-corrected chi connectivity index (χ2v) is 12.2. The lowest BCUT2D eigenvalue weighted by Gasteiger charge is -2.44. The molecular weight excluding hydrogens is 563 g/mol. The minimum atomic E-state index is -1.26. The predicted octanol–water partition coefficient (Wildman–Crippen LogP) is 5.21. The summed E-state index contributed by atoms with van der Waals surface area (Å²) in [4.78, 5) is 48.2. The topological polar surface area (TPSA) is 91.8 Å². The van der Waals surface area contributed by atoms with Crippen LogP contribution in [-0.4, -0.2) is 71.3 Å². The van der Waals surface area contributed by atoms with Crippen molar-refractivity contribution in [3.63, 3.8) is 0 Å². The number of halogens is 3. The van der Waals surface area contributed by atoms with Gasteiger partial charge in [-0.2, -0.15) is 0 Å². The third-order valence-electron chi connectivity index (χ3n) is 8.56. The number of piperidine rings is 1. The van der Waals surface area contributed by atoms with Gasteiger partial charge in [0.25, 0.3) is 0 Å². The number of benzene rings is 1. The Bertz CT molecular complexity index is 1300. The average Bonchev–Trinajstić information content (AvgIpc) is 3.53. The van der Waals surface area contributed by atoms with Crippen LogP contribution in [0.2, 0.25) is 15.2 Å². The molecule has 1 N–H and O–H groups in total. The molecule has 0 unspecified atom stereocenters. The highest BCUT2D eigenvalue weighted by Gasteiger charge is 2.57. The van der Waals surface area contributed by atoms with E-state index in [1.165, 1.54) is 11.1 Å². The standard InChI is InChI=1S/C28H31Cl3N4O4/c1-27(9-10-27)25(37)35-12-7-17(8-13-35)23(36)28(34(2)26(38)39-22-4-3-11-33-24(22)31)16-32-15-19(28)18-5-6-20(29)21(30)14-18/h3-6,11,14,17,19,32H,7-10,12-13,15-16H2,1-2H3/t19-,28+/m0/s1. The van der Waals surface area contributed by atoms with Gasteiger partial charge in [-0.25, -0.2) is 9.78 Å². The van der Waals surface area contributed by atoms with Crippen LogP contribution in [0.1, 0.15) is 44.1 Å². The summed E-state index contributed by atoms with van der Waals surface area (Å²) in [5.41, 5.74) is -0.720. The highest BCUT2D eigenvalue weighted by atomic mass is 35.5. The van der Waals surface area contributed by atoms with Crippen molar-refractivity contribution in [3.8, 4) is 5.75 Å². The van der Waals surface area contributed by atoms with E-state index in [0.717, 1.165) is 18.4 Å². The maximum atomic E-state index is 14.5. The van der Waals surface area contributed by atoms with Crippen molar-refractivity contribution in [3.05, 3.63) is 57.3 Å². The molecule has 2 aliphatic heterocycles. The lowest BCUT2D eigenvalue weighted by Crippen LogP contribution is -2.62. The highest BCUT2D eigenvalue weighted by Crippen LogP contribution is 2.47. The fourth-order valence-corrected chi connectivity index (χ4v) is 6.32. The van der Waals surface area contributed by atoms with Crippen molar-refractivity contribution in [2.75, 3.05) is 33.2 Å². The lowest BCUT2D eigenvalue weighted by molar-refractivity contribution is -0.142. The van der Waals surface area contributed by atoms with Crippen LogP contribution < -0.4 is 10.1 Å². The normalized spacial score (nSPS) is 24.3. The zero-order valence-corrected chi connectivity index (χ0v) is 24.2. The number of nitrogens with one attached hydrogen (secondary N) is 1. The first-order valence-corrected chi connectivity index (χ1v) is 14.3. The first-order chi connectivity index (χ1) is 18.6. The van der Waals surface area contributed by atoms with Crippen LogP contribution in [0.25, 0.3) is 0 Å². The van der Waals surface area contributed by atoms with Gasteiger partial charge in [0.15, 0.2) is 16.7 Å². The van der Waals surface area contributed by atoms with Crippen LogP contribution in [-0.2, 0) is 9.59 Å². The van der Waals surface area contributed by atoms with Crippen molar-refractivity contribution in [2.45, 2.75) is 44.1 Å². The Morgan fingerprint density at radius 2 is 1.82 bits per heavy atom. The van der Waals surface area contributed by atoms with Gasteiger partial charge in [-0.15, -0.1) is 0 Å². The molecule has 0 bridgehead atoms. The van der Waals surface area contributed by atoms with E-state index in [1.807, 2.05) is 17.9 Å². The van der Waals surface area contributed by atoms with Crippen LogP contribution in [0.5, 0.6) is 5.75 Å². The lowest BCUT2D eigenvalue weighted by atomic mass is 9.72. The van der Waals surface area contributed by atoms with Crippen molar-refractivity contribution >= 4 is 52.6 Å². The van der Waals surface area contributed by atoms with Crippen LogP contribution in [0.15, 0.2) is 36.5 Å². The summed E-state index contributed by atoms with van der Waals surface area (Å²) in [5.74, 6) is -0.523. The molecule has 2 aromatic rings. The Balaban J connectivity index is 1.45. The second-order valence-electron chi connectivity index (χ2n) is 11.0. The van der Waals surface area contributed by atoms with Crippen LogP contribution in [0.4, 0.5) is 4.79 Å². The largest absolute Gasteiger partial charge is 0.415 e. The molecule has 8 nitrogen and oxygen atoms in total. The molecule has 0 spiro atoms. The minimum absolute atomic E-state index is 0.0478. The van der Waals surface area contributed by atoms with Crippen LogP contribution in [0.3, 0.4) is 0 Å². The van der Waals surface area contributed by atoms with Gasteiger partial charge >= 0.3 is 6.09 Å². The van der Waals surface area contributed by atoms with E-state index in [0.29, 0.717) is 42.5 Å². The Morgan fingerprint density at radius 1 is 1.10 bits per heavy atom. The molecule has 5 rings (SSSR count). The quantitative estimate of drug-likeness (QED) is 0.463. The molecule has 2 amide bonds. The number of ether oxygens (including phenoxy) is 1. The fraction of sp³-hybridized carbons (Fsp3) is 0.500. The predicted molar refractivity (Wildman–Crippen MR) is 149 cm³/mol. The third kappa shape index (κ3) is 5.24. The van der Waals surface area contributed by atoms with Gasteiger partial charge in [-0.1, -0.05) is 47.8 Å². The number of hydrogen-bond donors (Lipinski definition) is 1. The SMILES string of the molecule is CN(C(=O)Oc1cccnc1Cl)[C@]1(C(=O)C2CCN(C(=O)C3(C)CC3)CC2)CNC[C@H]1c1ccc(Cl)c(Cl)c1. The molecule has 0 radical (unpaired) electrons. The maximum absolute atomic E-state index is 14.5. The average molecular weight is 594 g/mol. The number of rotatable bonds is 6. The minimum Gasteiger partial charge on any atom is -0.407 e. The zero-order valence-electron chi connectivity index (χ0n) is 21.9. The van der Waals surface area contributed by atoms with Gasteiger partial charge in [0.2, 0.25) is 5.91 Å². The highest BCUT2D eigenvalue weighted by molar-refractivity contribution is 6.42. The number of likely N-dealkylation sites (N-methyl/N-ethyl adjacent to an activating group) is 1.